The number of carbonyl (C=O) groups is 2. The number of hydrogen-bond donors (Lipinski definition) is 2. The number of benzene rings is 1. The Morgan fingerprint density at radius 3 is 2.70 bits per heavy atom. The number of carboxylic acids is 1. The molecule has 1 atom stereocenters. The van der Waals surface area contributed by atoms with Crippen LogP contribution < -0.4 is 5.32 Å². The molecule has 0 unspecified atom stereocenters. The smallest absolute Gasteiger partial charge is 0.304 e. The quantitative estimate of drug-likeness (QED) is 0.609. The summed E-state index contributed by atoms with van der Waals surface area (Å²) in [5.74, 6) is -1.45. The lowest BCUT2D eigenvalue weighted by atomic mass is 9.98. The van der Waals surface area contributed by atoms with E-state index in [9.17, 15) is 18.0 Å². The monoisotopic (exact) mass is 450 g/mol. The highest BCUT2D eigenvalue weighted by Crippen LogP contribution is 2.29. The van der Waals surface area contributed by atoms with Crippen molar-refractivity contribution in [2.75, 3.05) is 17.6 Å². The summed E-state index contributed by atoms with van der Waals surface area (Å²) in [4.78, 5) is 24.6. The van der Waals surface area contributed by atoms with E-state index in [1.165, 1.54) is 15.6 Å². The summed E-state index contributed by atoms with van der Waals surface area (Å²) in [6, 6.07) is 9.23. The third kappa shape index (κ3) is 5.68. The Bertz CT molecular complexity index is 1000. The summed E-state index contributed by atoms with van der Waals surface area (Å²) < 4.78 is 26.3. The van der Waals surface area contributed by atoms with Gasteiger partial charge in [0.2, 0.25) is 15.9 Å². The van der Waals surface area contributed by atoms with Crippen molar-refractivity contribution in [3.63, 3.8) is 0 Å². The van der Waals surface area contributed by atoms with Crippen LogP contribution in [0.3, 0.4) is 0 Å². The molecule has 1 aliphatic rings. The molecule has 0 radical (unpaired) electrons. The van der Waals surface area contributed by atoms with Crippen LogP contribution in [0, 0.1) is 0 Å². The van der Waals surface area contributed by atoms with Crippen LogP contribution in [0.2, 0.25) is 0 Å². The molecule has 0 fully saturated rings. The van der Waals surface area contributed by atoms with Gasteiger partial charge < -0.3 is 10.4 Å². The normalized spacial score (nSPS) is 15.4. The van der Waals surface area contributed by atoms with Gasteiger partial charge in [0.25, 0.3) is 0 Å². The number of amides is 1. The molecule has 7 nitrogen and oxygen atoms in total. The molecule has 1 aromatic heterocycles. The fraction of sp³-hybridized carbons (Fsp3) is 0.429. The van der Waals surface area contributed by atoms with Crippen molar-refractivity contribution in [2.24, 2.45) is 0 Å². The zero-order chi connectivity index (χ0) is 21.7. The van der Waals surface area contributed by atoms with Crippen LogP contribution in [0.4, 0.5) is 5.69 Å². The van der Waals surface area contributed by atoms with Gasteiger partial charge in [-0.3, -0.25) is 9.59 Å². The first-order chi connectivity index (χ1) is 14.3. The van der Waals surface area contributed by atoms with E-state index < -0.39 is 16.0 Å². The van der Waals surface area contributed by atoms with Crippen molar-refractivity contribution < 1.29 is 23.1 Å². The number of nitrogens with one attached hydrogen (secondary N) is 1. The van der Waals surface area contributed by atoms with E-state index in [4.69, 9.17) is 5.11 Å². The largest absolute Gasteiger partial charge is 0.481 e. The molecule has 1 aromatic carbocycles. The number of aliphatic carboxylic acids is 1. The summed E-state index contributed by atoms with van der Waals surface area (Å²) in [6.07, 6.45) is 1.18. The minimum atomic E-state index is -3.27. The maximum absolute atomic E-state index is 12.6. The predicted octanol–water partition coefficient (Wildman–Crippen LogP) is 3.43. The summed E-state index contributed by atoms with van der Waals surface area (Å²) in [7, 11) is -3.27. The number of rotatable bonds is 9. The van der Waals surface area contributed by atoms with E-state index in [-0.39, 0.29) is 30.4 Å². The maximum atomic E-state index is 12.6. The SMILES string of the molecule is CCCS(=O)(=O)N1CCc2ccc(NC(=O)C[C@H](CC(=O)O)c3cccs3)cc2C1. The number of sulfonamides is 1. The van der Waals surface area contributed by atoms with Crippen LogP contribution in [0.1, 0.15) is 48.1 Å². The van der Waals surface area contributed by atoms with E-state index >= 15 is 0 Å². The van der Waals surface area contributed by atoms with Gasteiger partial charge in [0.05, 0.1) is 12.2 Å². The van der Waals surface area contributed by atoms with Crippen LogP contribution in [0.5, 0.6) is 0 Å². The number of carboxylic acid groups (broad SMARTS) is 1. The highest BCUT2D eigenvalue weighted by molar-refractivity contribution is 7.89. The van der Waals surface area contributed by atoms with Gasteiger partial charge in [-0.15, -0.1) is 11.3 Å². The highest BCUT2D eigenvalue weighted by Gasteiger charge is 2.26. The minimum absolute atomic E-state index is 0.0703. The van der Waals surface area contributed by atoms with Gasteiger partial charge in [0.15, 0.2) is 0 Å². The summed E-state index contributed by atoms with van der Waals surface area (Å²) in [6.45, 7) is 2.62. The van der Waals surface area contributed by atoms with Crippen LogP contribution in [0.25, 0.3) is 0 Å². The zero-order valence-corrected chi connectivity index (χ0v) is 18.5. The minimum Gasteiger partial charge on any atom is -0.481 e. The number of anilines is 1. The van der Waals surface area contributed by atoms with Gasteiger partial charge in [0, 0.05) is 36.0 Å². The van der Waals surface area contributed by atoms with Crippen molar-refractivity contribution in [1.82, 2.24) is 4.31 Å². The van der Waals surface area contributed by atoms with Crippen molar-refractivity contribution in [3.05, 3.63) is 51.7 Å². The highest BCUT2D eigenvalue weighted by atomic mass is 32.2. The molecule has 0 saturated carbocycles. The van der Waals surface area contributed by atoms with Crippen molar-refractivity contribution in [3.8, 4) is 0 Å². The van der Waals surface area contributed by atoms with Gasteiger partial charge in [0.1, 0.15) is 0 Å². The fourth-order valence-electron chi connectivity index (χ4n) is 3.68. The lowest BCUT2D eigenvalue weighted by Gasteiger charge is -2.28. The van der Waals surface area contributed by atoms with Crippen molar-refractivity contribution in [1.29, 1.82) is 0 Å². The average molecular weight is 451 g/mol. The number of hydrogen-bond acceptors (Lipinski definition) is 5. The van der Waals surface area contributed by atoms with Crippen LogP contribution in [-0.4, -0.2) is 42.0 Å². The molecular weight excluding hydrogens is 424 g/mol. The Kier molecular flexibility index (Phi) is 7.27. The van der Waals surface area contributed by atoms with Crippen LogP contribution in [-0.2, 0) is 32.6 Å². The summed E-state index contributed by atoms with van der Waals surface area (Å²) in [5, 5.41) is 13.9. The molecule has 2 heterocycles. The molecular formula is C21H26N2O5S2. The molecule has 0 aliphatic carbocycles. The summed E-state index contributed by atoms with van der Waals surface area (Å²) in [5.41, 5.74) is 2.56. The topological polar surface area (TPSA) is 104 Å². The third-order valence-electron chi connectivity index (χ3n) is 5.12. The maximum Gasteiger partial charge on any atom is 0.304 e. The van der Waals surface area contributed by atoms with E-state index in [0.717, 1.165) is 16.0 Å². The first kappa shape index (κ1) is 22.5. The van der Waals surface area contributed by atoms with Crippen LogP contribution in [0.15, 0.2) is 35.7 Å². The lowest BCUT2D eigenvalue weighted by Crippen LogP contribution is -2.37. The van der Waals surface area contributed by atoms with Gasteiger partial charge >= 0.3 is 5.97 Å². The van der Waals surface area contributed by atoms with E-state index in [2.05, 4.69) is 5.32 Å². The van der Waals surface area contributed by atoms with Gasteiger partial charge in [-0.2, -0.15) is 4.31 Å². The molecule has 1 aliphatic heterocycles. The third-order valence-corrected chi connectivity index (χ3v) is 8.18. The Balaban J connectivity index is 1.69. The second-order valence-electron chi connectivity index (χ2n) is 7.45. The number of carbonyl (C=O) groups excluding carboxylic acids is 1. The molecule has 30 heavy (non-hydrogen) atoms. The molecule has 0 saturated heterocycles. The van der Waals surface area contributed by atoms with Crippen LogP contribution >= 0.6 is 11.3 Å². The van der Waals surface area contributed by atoms with Gasteiger partial charge in [-0.05, 0) is 47.5 Å². The molecule has 1 amide bonds. The Labute approximate surface area is 180 Å². The zero-order valence-electron chi connectivity index (χ0n) is 16.8. The molecule has 2 N–H and O–H groups in total. The standard InChI is InChI=1S/C21H26N2O5S2/c1-2-10-30(27,28)23-8-7-15-5-6-18(11-17(15)14-23)22-20(24)12-16(13-21(25)26)19-4-3-9-29-19/h3-6,9,11,16H,2,7-8,10,12-14H2,1H3,(H,22,24)(H,25,26)/t16-/m1/s1. The molecule has 0 bridgehead atoms. The molecule has 2 aromatic rings. The number of fused-ring (bicyclic) bond motifs is 1. The molecule has 0 spiro atoms. The molecule has 9 heteroatoms. The van der Waals surface area contributed by atoms with Gasteiger partial charge in [-0.1, -0.05) is 19.1 Å². The Morgan fingerprint density at radius 2 is 2.03 bits per heavy atom. The van der Waals surface area contributed by atoms with E-state index in [1.54, 1.807) is 0 Å². The summed E-state index contributed by atoms with van der Waals surface area (Å²) >= 11 is 1.44. The number of thiophene rings is 1. The first-order valence-corrected chi connectivity index (χ1v) is 12.4. The van der Waals surface area contributed by atoms with Crippen molar-refractivity contribution >= 4 is 38.9 Å². The lowest BCUT2D eigenvalue weighted by molar-refractivity contribution is -0.137. The average Bonchev–Trinajstić information content (AvgIpc) is 3.21. The van der Waals surface area contributed by atoms with E-state index in [1.807, 2.05) is 42.6 Å². The Morgan fingerprint density at radius 1 is 1.23 bits per heavy atom. The van der Waals surface area contributed by atoms with Crippen molar-refractivity contribution in [2.45, 2.75) is 45.1 Å². The predicted molar refractivity (Wildman–Crippen MR) is 117 cm³/mol. The molecule has 162 valence electrons. The van der Waals surface area contributed by atoms with Gasteiger partial charge in [-0.25, -0.2) is 8.42 Å². The Hall–Kier alpha value is -2.23. The second-order valence-corrected chi connectivity index (χ2v) is 10.5. The van der Waals surface area contributed by atoms with E-state index in [0.29, 0.717) is 31.6 Å². The molecule has 3 rings (SSSR count). The second kappa shape index (κ2) is 9.72. The number of nitrogens with zero attached hydrogens (tertiary/aromatic N) is 1. The first-order valence-electron chi connectivity index (χ1n) is 9.93. The fourth-order valence-corrected chi connectivity index (χ4v) is 5.99.